The van der Waals surface area contributed by atoms with Gasteiger partial charge < -0.3 is 11.6 Å². The zero-order valence-electron chi connectivity index (χ0n) is 23.6. The van der Waals surface area contributed by atoms with Crippen molar-refractivity contribution in [1.29, 1.82) is 0 Å². The van der Waals surface area contributed by atoms with Gasteiger partial charge in [0, 0.05) is 25.7 Å². The van der Waals surface area contributed by atoms with Crippen molar-refractivity contribution in [2.75, 3.05) is 0 Å². The van der Waals surface area contributed by atoms with Gasteiger partial charge in [0.1, 0.15) is 11.6 Å². The fraction of sp³-hybridized carbons (Fsp3) is 0.688. The van der Waals surface area contributed by atoms with E-state index in [1.165, 1.54) is 25.7 Å². The molecule has 0 saturated heterocycles. The molecule has 38 heavy (non-hydrogen) atoms. The van der Waals surface area contributed by atoms with Crippen LogP contribution < -0.4 is 18.9 Å². The van der Waals surface area contributed by atoms with Gasteiger partial charge in [0.2, 0.25) is 0 Å². The monoisotopic (exact) mass is 530 g/mol. The van der Waals surface area contributed by atoms with E-state index in [2.05, 4.69) is 48.6 Å². The summed E-state index contributed by atoms with van der Waals surface area (Å²) < 4.78 is 0. The molecular formula is C32H48AlLiO4. The van der Waals surface area contributed by atoms with Gasteiger partial charge in [0.05, 0.1) is 12.2 Å². The minimum absolute atomic E-state index is 0. The molecule has 2 N–H and O–H groups in total. The third-order valence-electron chi connectivity index (χ3n) is 9.86. The molecule has 2 atom stereocenters. The number of allylic oxidation sites excluding steroid dienone is 8. The quantitative estimate of drug-likeness (QED) is 0.369. The van der Waals surface area contributed by atoms with Crippen molar-refractivity contribution in [3.63, 3.8) is 0 Å². The van der Waals surface area contributed by atoms with Crippen LogP contribution in [0.5, 0.6) is 0 Å². The first kappa shape index (κ1) is 31.9. The van der Waals surface area contributed by atoms with Gasteiger partial charge in [0.25, 0.3) is 0 Å². The molecule has 0 aromatic heterocycles. The maximum atomic E-state index is 10.9. The fourth-order valence-electron chi connectivity index (χ4n) is 7.92. The summed E-state index contributed by atoms with van der Waals surface area (Å²) in [6.07, 6.45) is 30.1. The molecule has 0 aliphatic heterocycles. The Labute approximate surface area is 253 Å². The van der Waals surface area contributed by atoms with E-state index in [0.717, 1.165) is 49.4 Å². The van der Waals surface area contributed by atoms with Crippen molar-refractivity contribution in [1.82, 2.24) is 0 Å². The predicted molar refractivity (Wildman–Crippen MR) is 153 cm³/mol. The van der Waals surface area contributed by atoms with Gasteiger partial charge in [0.15, 0.2) is 17.4 Å². The molecule has 4 saturated carbocycles. The van der Waals surface area contributed by atoms with E-state index in [4.69, 9.17) is 0 Å². The summed E-state index contributed by atoms with van der Waals surface area (Å²) in [6.45, 7) is 0. The van der Waals surface area contributed by atoms with Crippen LogP contribution in [0.25, 0.3) is 0 Å². The molecule has 0 spiro atoms. The molecule has 4 fully saturated rings. The number of fused-ring (bicyclic) bond motifs is 4. The topological polar surface area (TPSA) is 74.6 Å². The van der Waals surface area contributed by atoms with Crippen LogP contribution in [0.1, 0.15) is 78.5 Å². The van der Waals surface area contributed by atoms with E-state index in [-0.39, 0.29) is 49.9 Å². The van der Waals surface area contributed by atoms with Crippen molar-refractivity contribution in [3.8, 4) is 0 Å². The van der Waals surface area contributed by atoms with Gasteiger partial charge in [-0.1, -0.05) is 48.6 Å². The summed E-state index contributed by atoms with van der Waals surface area (Å²) in [7, 11) is 0. The molecule has 4 nitrogen and oxygen atoms in total. The van der Waals surface area contributed by atoms with E-state index < -0.39 is 0 Å². The summed E-state index contributed by atoms with van der Waals surface area (Å²) in [4.78, 5) is 21.7. The average Bonchev–Trinajstić information content (AvgIpc) is 3.61. The van der Waals surface area contributed by atoms with E-state index in [0.29, 0.717) is 60.9 Å². The first-order valence-electron chi connectivity index (χ1n) is 14.5. The number of hydrogen-bond acceptors (Lipinski definition) is 4. The maximum absolute atomic E-state index is 10.9. The minimum Gasteiger partial charge on any atom is -1.00 e. The first-order valence-corrected chi connectivity index (χ1v) is 14.5. The normalized spacial score (nSPS) is 41.5. The second kappa shape index (κ2) is 14.8. The molecule has 0 bridgehead atoms. The Hall–Kier alpha value is -0.650. The molecule has 2 unspecified atom stereocenters. The molecule has 8 rings (SSSR count). The second-order valence-electron chi connectivity index (χ2n) is 12.5. The molecule has 8 aliphatic rings. The number of Topliss-reactive ketones (excluding diaryl/α,β-unsaturated/α-hetero) is 2. The van der Waals surface area contributed by atoms with Crippen molar-refractivity contribution < 1.29 is 40.1 Å². The Bertz CT molecular complexity index is 833. The van der Waals surface area contributed by atoms with Crippen molar-refractivity contribution in [3.05, 3.63) is 48.6 Å². The Morgan fingerprint density at radius 3 is 1.29 bits per heavy atom. The molecule has 8 aliphatic carbocycles. The number of aliphatic hydroxyl groups excluding tert-OH is 2. The standard InChI is InChI=1S/C8H14O2.C8H10O2.2C8H10.Al.Li.4H/c2*9-7-1-5-2-8(10)4-6(5)3-7;2*1-3-7-5-2-6-8(7)4-1;;;;;;/h5-10H,1-4H2;5-6H,1-4H2;1-3,6-8H,4-5H2;1-3,5,7-8H,4,6H2;;;;;;/q;;;;;+1;;;;-1. The third-order valence-corrected chi connectivity index (χ3v) is 9.86. The van der Waals surface area contributed by atoms with Crippen LogP contribution in [0, 0.1) is 47.3 Å². The van der Waals surface area contributed by atoms with Gasteiger partial charge in [-0.25, -0.2) is 0 Å². The SMILES string of the molecule is C1=CC2C=CCC2C1.C1=CC2CC=CC2C1.O=C1CC2CC(=O)CC2C1.OC1CC2CC(O)CC2C1.[AlH3].[H-].[Li+]. The summed E-state index contributed by atoms with van der Waals surface area (Å²) >= 11 is 0. The van der Waals surface area contributed by atoms with Gasteiger partial charge in [-0.15, -0.1) is 0 Å². The van der Waals surface area contributed by atoms with Crippen LogP contribution >= 0.6 is 0 Å². The van der Waals surface area contributed by atoms with E-state index in [9.17, 15) is 19.8 Å². The molecule has 6 heteroatoms. The molecule has 204 valence electrons. The van der Waals surface area contributed by atoms with Crippen molar-refractivity contribution in [2.24, 2.45) is 47.3 Å². The van der Waals surface area contributed by atoms with Gasteiger partial charge >= 0.3 is 18.9 Å². The molecule has 0 radical (unpaired) electrons. The number of carbonyl (C=O) groups is 2. The average molecular weight is 531 g/mol. The van der Waals surface area contributed by atoms with Crippen LogP contribution in [-0.4, -0.2) is 51.3 Å². The largest absolute Gasteiger partial charge is 1.00 e. The van der Waals surface area contributed by atoms with Gasteiger partial charge in [-0.05, 0) is 98.7 Å². The van der Waals surface area contributed by atoms with Crippen LogP contribution in [0.2, 0.25) is 0 Å². The number of rotatable bonds is 0. The Morgan fingerprint density at radius 1 is 0.553 bits per heavy atom. The Balaban J connectivity index is 0.000000179. The molecular weight excluding hydrogens is 482 g/mol. The summed E-state index contributed by atoms with van der Waals surface area (Å²) in [5.74, 6) is 6.38. The van der Waals surface area contributed by atoms with Crippen molar-refractivity contribution >= 4 is 28.9 Å². The van der Waals surface area contributed by atoms with Gasteiger partial charge in [-0.2, -0.15) is 0 Å². The van der Waals surface area contributed by atoms with Crippen molar-refractivity contribution in [2.45, 2.75) is 89.3 Å². The van der Waals surface area contributed by atoms with E-state index in [1.807, 2.05) is 0 Å². The zero-order chi connectivity index (χ0) is 25.1. The van der Waals surface area contributed by atoms with E-state index >= 15 is 0 Å². The zero-order valence-corrected chi connectivity index (χ0v) is 22.6. The number of carbonyl (C=O) groups excluding carboxylic acids is 2. The minimum atomic E-state index is -0.0671. The van der Waals surface area contributed by atoms with Crippen LogP contribution in [0.4, 0.5) is 0 Å². The Morgan fingerprint density at radius 2 is 0.921 bits per heavy atom. The maximum Gasteiger partial charge on any atom is 1.00 e. The predicted octanol–water partition coefficient (Wildman–Crippen LogP) is 1.68. The molecule has 0 heterocycles. The fourth-order valence-corrected chi connectivity index (χ4v) is 7.92. The number of hydrogen-bond donors (Lipinski definition) is 2. The summed E-state index contributed by atoms with van der Waals surface area (Å²) in [5.41, 5.74) is 0. The molecule has 0 aromatic rings. The smallest absolute Gasteiger partial charge is 1.00 e. The number of aliphatic hydroxyl groups is 2. The summed E-state index contributed by atoms with van der Waals surface area (Å²) in [6, 6.07) is 0. The number of ketones is 2. The van der Waals surface area contributed by atoms with Crippen LogP contribution in [-0.2, 0) is 9.59 Å². The second-order valence-corrected chi connectivity index (χ2v) is 12.5. The first-order chi connectivity index (χ1) is 17.4. The Kier molecular flexibility index (Phi) is 12.4. The molecule has 0 aromatic carbocycles. The molecule has 0 amide bonds. The van der Waals surface area contributed by atoms with E-state index in [1.54, 1.807) is 0 Å². The third kappa shape index (κ3) is 8.19. The summed E-state index contributed by atoms with van der Waals surface area (Å²) in [5, 5.41) is 18.5. The van der Waals surface area contributed by atoms with Crippen LogP contribution in [0.15, 0.2) is 48.6 Å². The van der Waals surface area contributed by atoms with Crippen LogP contribution in [0.3, 0.4) is 0 Å². The van der Waals surface area contributed by atoms with Gasteiger partial charge in [-0.3, -0.25) is 9.59 Å².